The molecule has 2 aliphatic rings. The van der Waals surface area contributed by atoms with E-state index in [0.29, 0.717) is 0 Å². The van der Waals surface area contributed by atoms with Crippen molar-refractivity contribution in [2.75, 3.05) is 0 Å². The van der Waals surface area contributed by atoms with Gasteiger partial charge < -0.3 is 0 Å². The molecule has 144 valence electrons. The highest BCUT2D eigenvalue weighted by molar-refractivity contribution is 6.11. The van der Waals surface area contributed by atoms with Gasteiger partial charge in [0.15, 0.2) is 11.6 Å². The maximum absolute atomic E-state index is 12.7. The predicted octanol–water partition coefficient (Wildman–Crippen LogP) is 6.23. The smallest absolute Gasteiger partial charge is 0.185 e. The largest absolute Gasteiger partial charge is 0.289 e. The summed E-state index contributed by atoms with van der Waals surface area (Å²) in [6.07, 6.45) is 12.7. The molecule has 0 aromatic heterocycles. The molecule has 0 aromatic carbocycles. The zero-order valence-electron chi connectivity index (χ0n) is 18.0. The monoisotopic (exact) mass is 364 g/mol. The van der Waals surface area contributed by atoms with E-state index in [0.717, 1.165) is 39.9 Å². The van der Waals surface area contributed by atoms with Gasteiger partial charge in [0, 0.05) is 16.7 Å². The van der Waals surface area contributed by atoms with Gasteiger partial charge in [0.2, 0.25) is 0 Å². The normalized spacial score (nSPS) is 21.9. The SMILES string of the molecule is CCC1=C/C(=C/C=C2/C=C(C)C(=O)C(C(C)(C)C)=C2)C=C(C(C)(C)C)C1=O. The highest BCUT2D eigenvalue weighted by atomic mass is 16.1. The first-order valence-corrected chi connectivity index (χ1v) is 9.69. The van der Waals surface area contributed by atoms with Crippen LogP contribution in [0.15, 0.2) is 69.9 Å². The number of carbonyl (C=O) groups excluding carboxylic acids is 2. The lowest BCUT2D eigenvalue weighted by Gasteiger charge is -2.26. The van der Waals surface area contributed by atoms with Gasteiger partial charge in [-0.15, -0.1) is 0 Å². The summed E-state index contributed by atoms with van der Waals surface area (Å²) in [5, 5.41) is 0. The van der Waals surface area contributed by atoms with Crippen molar-refractivity contribution in [3.63, 3.8) is 0 Å². The van der Waals surface area contributed by atoms with E-state index < -0.39 is 0 Å². The molecule has 0 heterocycles. The average molecular weight is 365 g/mol. The Balaban J connectivity index is 2.49. The number of ketones is 2. The standard InChI is InChI=1S/C25H32O2/c1-9-19-13-18(15-21(23(19)27)25(6,7)8)11-10-17-12-16(2)22(26)20(14-17)24(3,4)5/h10-15H,9H2,1-8H3/b17-10-,18-11-. The lowest BCUT2D eigenvalue weighted by atomic mass is 9.77. The molecule has 2 nitrogen and oxygen atoms in total. The fraction of sp³-hybridized carbons (Fsp3) is 0.440. The summed E-state index contributed by atoms with van der Waals surface area (Å²) in [6.45, 7) is 16.3. The van der Waals surface area contributed by atoms with Gasteiger partial charge in [-0.1, -0.05) is 60.6 Å². The lowest BCUT2D eigenvalue weighted by molar-refractivity contribution is -0.114. The molecule has 0 aliphatic heterocycles. The van der Waals surface area contributed by atoms with Crippen LogP contribution in [0.4, 0.5) is 0 Å². The maximum Gasteiger partial charge on any atom is 0.185 e. The molecule has 0 bridgehead atoms. The molecule has 0 unspecified atom stereocenters. The first kappa shape index (κ1) is 21.1. The Labute approximate surface area is 164 Å². The van der Waals surface area contributed by atoms with Crippen LogP contribution in [0.1, 0.15) is 61.8 Å². The Morgan fingerprint density at radius 2 is 1.19 bits per heavy atom. The first-order chi connectivity index (χ1) is 12.3. The van der Waals surface area contributed by atoms with E-state index in [9.17, 15) is 9.59 Å². The number of hydrogen-bond acceptors (Lipinski definition) is 2. The molecular formula is C25H32O2. The summed E-state index contributed by atoms with van der Waals surface area (Å²) in [5.74, 6) is 0.280. The molecule has 0 fully saturated rings. The minimum absolute atomic E-state index is 0.124. The van der Waals surface area contributed by atoms with Gasteiger partial charge >= 0.3 is 0 Å². The molecule has 2 aliphatic carbocycles. The number of hydrogen-bond donors (Lipinski definition) is 0. The lowest BCUT2D eigenvalue weighted by Crippen LogP contribution is -2.22. The van der Waals surface area contributed by atoms with E-state index in [1.165, 1.54) is 0 Å². The third-order valence-electron chi connectivity index (χ3n) is 4.95. The highest BCUT2D eigenvalue weighted by Crippen LogP contribution is 2.35. The third kappa shape index (κ3) is 4.74. The summed E-state index contributed by atoms with van der Waals surface area (Å²) >= 11 is 0. The van der Waals surface area contributed by atoms with Crippen LogP contribution in [0.2, 0.25) is 0 Å². The summed E-state index contributed by atoms with van der Waals surface area (Å²) < 4.78 is 0. The average Bonchev–Trinajstić information content (AvgIpc) is 2.54. The molecular weight excluding hydrogens is 332 g/mol. The van der Waals surface area contributed by atoms with Crippen molar-refractivity contribution in [1.29, 1.82) is 0 Å². The molecule has 0 radical (unpaired) electrons. The zero-order chi connectivity index (χ0) is 20.6. The van der Waals surface area contributed by atoms with Crippen molar-refractivity contribution in [1.82, 2.24) is 0 Å². The molecule has 27 heavy (non-hydrogen) atoms. The first-order valence-electron chi connectivity index (χ1n) is 9.69. The highest BCUT2D eigenvalue weighted by Gasteiger charge is 2.29. The van der Waals surface area contributed by atoms with Gasteiger partial charge in [-0.05, 0) is 65.2 Å². The minimum Gasteiger partial charge on any atom is -0.289 e. The van der Waals surface area contributed by atoms with Gasteiger partial charge in [-0.3, -0.25) is 9.59 Å². The maximum atomic E-state index is 12.7. The van der Waals surface area contributed by atoms with Gasteiger partial charge in [0.25, 0.3) is 0 Å². The molecule has 0 atom stereocenters. The molecule has 0 aromatic rings. The van der Waals surface area contributed by atoms with E-state index in [-0.39, 0.29) is 22.4 Å². The topological polar surface area (TPSA) is 34.1 Å². The van der Waals surface area contributed by atoms with Crippen LogP contribution < -0.4 is 0 Å². The summed E-state index contributed by atoms with van der Waals surface area (Å²) in [6, 6.07) is 0. The quantitative estimate of drug-likeness (QED) is 0.582. The van der Waals surface area contributed by atoms with Crippen LogP contribution in [-0.4, -0.2) is 11.6 Å². The second-order valence-electron chi connectivity index (χ2n) is 9.46. The molecule has 0 spiro atoms. The van der Waals surface area contributed by atoms with Crippen molar-refractivity contribution in [3.8, 4) is 0 Å². The second-order valence-corrected chi connectivity index (χ2v) is 9.46. The van der Waals surface area contributed by atoms with Gasteiger partial charge in [0.05, 0.1) is 0 Å². The van der Waals surface area contributed by atoms with Crippen LogP contribution >= 0.6 is 0 Å². The Hall–Kier alpha value is -2.22. The van der Waals surface area contributed by atoms with Gasteiger partial charge in [0.1, 0.15) is 0 Å². The van der Waals surface area contributed by atoms with Crippen molar-refractivity contribution in [2.24, 2.45) is 10.8 Å². The number of carbonyl (C=O) groups is 2. The minimum atomic E-state index is -0.190. The predicted molar refractivity (Wildman–Crippen MR) is 113 cm³/mol. The Bertz CT molecular complexity index is 851. The molecule has 0 saturated carbocycles. The zero-order valence-corrected chi connectivity index (χ0v) is 18.0. The summed E-state index contributed by atoms with van der Waals surface area (Å²) in [5.41, 5.74) is 4.96. The summed E-state index contributed by atoms with van der Waals surface area (Å²) in [7, 11) is 0. The fourth-order valence-corrected chi connectivity index (χ4v) is 3.28. The number of allylic oxidation sites excluding steroid dienone is 12. The van der Waals surface area contributed by atoms with Crippen molar-refractivity contribution >= 4 is 11.6 Å². The number of Topliss-reactive ketones (excluding diaryl/α,β-unsaturated/α-hetero) is 2. The Morgan fingerprint density at radius 1 is 0.741 bits per heavy atom. The Morgan fingerprint density at radius 3 is 1.63 bits per heavy atom. The van der Waals surface area contributed by atoms with Crippen molar-refractivity contribution < 1.29 is 9.59 Å². The number of rotatable bonds is 2. The fourth-order valence-electron chi connectivity index (χ4n) is 3.28. The van der Waals surface area contributed by atoms with Crippen LogP contribution in [0.5, 0.6) is 0 Å². The summed E-state index contributed by atoms with van der Waals surface area (Å²) in [4.78, 5) is 25.1. The third-order valence-corrected chi connectivity index (χ3v) is 4.95. The van der Waals surface area contributed by atoms with Crippen LogP contribution in [-0.2, 0) is 9.59 Å². The van der Waals surface area contributed by atoms with Crippen LogP contribution in [0.3, 0.4) is 0 Å². The van der Waals surface area contributed by atoms with Crippen molar-refractivity contribution in [3.05, 3.63) is 69.9 Å². The van der Waals surface area contributed by atoms with E-state index in [1.807, 2.05) is 50.3 Å². The van der Waals surface area contributed by atoms with Crippen LogP contribution in [0, 0.1) is 10.8 Å². The molecule has 2 heteroatoms. The van der Waals surface area contributed by atoms with Gasteiger partial charge in [-0.2, -0.15) is 0 Å². The van der Waals surface area contributed by atoms with Gasteiger partial charge in [-0.25, -0.2) is 0 Å². The molecule has 0 amide bonds. The molecule has 2 rings (SSSR count). The van der Waals surface area contributed by atoms with Crippen molar-refractivity contribution in [2.45, 2.75) is 61.8 Å². The molecule has 0 N–H and O–H groups in total. The Kier molecular flexibility index (Phi) is 5.79. The van der Waals surface area contributed by atoms with E-state index in [1.54, 1.807) is 0 Å². The van der Waals surface area contributed by atoms with Crippen LogP contribution in [0.25, 0.3) is 0 Å². The van der Waals surface area contributed by atoms with E-state index in [2.05, 4.69) is 41.5 Å². The second kappa shape index (κ2) is 7.42. The van der Waals surface area contributed by atoms with E-state index >= 15 is 0 Å². The van der Waals surface area contributed by atoms with E-state index in [4.69, 9.17) is 0 Å². The molecule has 0 saturated heterocycles.